The maximum absolute atomic E-state index is 13.4. The number of nitrogens with one attached hydrogen (secondary N) is 1. The average Bonchev–Trinajstić information content (AvgIpc) is 2.40. The minimum Gasteiger partial charge on any atom is -0.394 e. The Bertz CT molecular complexity index is 504. The summed E-state index contributed by atoms with van der Waals surface area (Å²) >= 11 is 0. The number of carbonyl (C=O) groups excluding carboxylic acids is 1. The van der Waals surface area contributed by atoms with Crippen LogP contribution in [0.4, 0.5) is 22.0 Å². The van der Waals surface area contributed by atoms with Gasteiger partial charge in [0.25, 0.3) is 5.91 Å². The summed E-state index contributed by atoms with van der Waals surface area (Å²) in [6, 6.07) is -0.877. The second-order valence-corrected chi connectivity index (χ2v) is 4.45. The highest BCUT2D eigenvalue weighted by Crippen LogP contribution is 2.23. The first-order valence-corrected chi connectivity index (χ1v) is 5.65. The highest BCUT2D eigenvalue weighted by atomic mass is 19.2. The zero-order valence-corrected chi connectivity index (χ0v) is 10.6. The standard InChI is InChI=1S/C12H12F5NO2/c1-4(2)5(3-19)18-12(20)6-7(13)9(15)11(17)10(16)8(6)14/h4-5,19H,3H2,1-2H3,(H,18,20). The van der Waals surface area contributed by atoms with E-state index in [-0.39, 0.29) is 5.92 Å². The van der Waals surface area contributed by atoms with E-state index < -0.39 is 53.2 Å². The zero-order chi connectivity index (χ0) is 15.6. The summed E-state index contributed by atoms with van der Waals surface area (Å²) < 4.78 is 65.4. The topological polar surface area (TPSA) is 49.3 Å². The third kappa shape index (κ3) is 2.90. The largest absolute Gasteiger partial charge is 0.394 e. The van der Waals surface area contributed by atoms with Gasteiger partial charge in [-0.1, -0.05) is 13.8 Å². The highest BCUT2D eigenvalue weighted by Gasteiger charge is 2.30. The van der Waals surface area contributed by atoms with Gasteiger partial charge in [-0.05, 0) is 5.92 Å². The number of halogens is 5. The van der Waals surface area contributed by atoms with Crippen LogP contribution < -0.4 is 5.32 Å². The van der Waals surface area contributed by atoms with Crippen molar-refractivity contribution in [2.24, 2.45) is 5.92 Å². The molecule has 0 saturated heterocycles. The van der Waals surface area contributed by atoms with E-state index in [9.17, 15) is 26.7 Å². The van der Waals surface area contributed by atoms with Crippen LogP contribution in [0.1, 0.15) is 24.2 Å². The molecule has 3 nitrogen and oxygen atoms in total. The van der Waals surface area contributed by atoms with E-state index in [1.165, 1.54) is 0 Å². The number of amides is 1. The third-order valence-electron chi connectivity index (χ3n) is 2.75. The second kappa shape index (κ2) is 6.17. The Kier molecular flexibility index (Phi) is 5.04. The van der Waals surface area contributed by atoms with Gasteiger partial charge in [-0.2, -0.15) is 0 Å². The molecule has 1 atom stereocenters. The molecule has 112 valence electrons. The van der Waals surface area contributed by atoms with Gasteiger partial charge in [0, 0.05) is 0 Å². The molecule has 0 bridgehead atoms. The van der Waals surface area contributed by atoms with Gasteiger partial charge >= 0.3 is 0 Å². The molecule has 0 aliphatic carbocycles. The predicted octanol–water partition coefficient (Wildman–Crippen LogP) is 2.13. The van der Waals surface area contributed by atoms with E-state index in [0.29, 0.717) is 0 Å². The van der Waals surface area contributed by atoms with E-state index in [2.05, 4.69) is 0 Å². The van der Waals surface area contributed by atoms with E-state index in [0.717, 1.165) is 0 Å². The Hall–Kier alpha value is -1.70. The van der Waals surface area contributed by atoms with Crippen molar-refractivity contribution < 1.29 is 31.9 Å². The first-order valence-electron chi connectivity index (χ1n) is 5.65. The van der Waals surface area contributed by atoms with Gasteiger partial charge < -0.3 is 10.4 Å². The summed E-state index contributed by atoms with van der Waals surface area (Å²) in [4.78, 5) is 11.6. The van der Waals surface area contributed by atoms with E-state index in [4.69, 9.17) is 5.11 Å². The second-order valence-electron chi connectivity index (χ2n) is 4.45. The van der Waals surface area contributed by atoms with Crippen LogP contribution in [-0.2, 0) is 0 Å². The normalized spacial score (nSPS) is 12.7. The molecule has 0 fully saturated rings. The quantitative estimate of drug-likeness (QED) is 0.508. The van der Waals surface area contributed by atoms with Gasteiger partial charge in [0.05, 0.1) is 12.6 Å². The first kappa shape index (κ1) is 16.4. The number of benzene rings is 1. The Morgan fingerprint density at radius 3 is 1.75 bits per heavy atom. The van der Waals surface area contributed by atoms with Crippen LogP contribution in [0.2, 0.25) is 0 Å². The third-order valence-corrected chi connectivity index (χ3v) is 2.75. The number of rotatable bonds is 4. The molecule has 1 rings (SSSR count). The molecule has 2 N–H and O–H groups in total. The van der Waals surface area contributed by atoms with E-state index in [1.54, 1.807) is 13.8 Å². The maximum atomic E-state index is 13.4. The van der Waals surface area contributed by atoms with Crippen LogP contribution in [0.5, 0.6) is 0 Å². The fraction of sp³-hybridized carbons (Fsp3) is 0.417. The lowest BCUT2D eigenvalue weighted by atomic mass is 10.0. The molecule has 0 heterocycles. The molecule has 1 unspecified atom stereocenters. The fourth-order valence-corrected chi connectivity index (χ4v) is 1.47. The van der Waals surface area contributed by atoms with Gasteiger partial charge in [-0.25, -0.2) is 22.0 Å². The van der Waals surface area contributed by atoms with E-state index in [1.807, 2.05) is 5.32 Å². The first-order chi connectivity index (χ1) is 9.22. The van der Waals surface area contributed by atoms with Crippen LogP contribution >= 0.6 is 0 Å². The molecule has 0 aliphatic rings. The summed E-state index contributed by atoms with van der Waals surface area (Å²) in [5.41, 5.74) is -1.57. The minimum atomic E-state index is -2.33. The van der Waals surface area contributed by atoms with Crippen molar-refractivity contribution in [2.45, 2.75) is 19.9 Å². The molecule has 0 saturated carbocycles. The molecular weight excluding hydrogens is 285 g/mol. The molecule has 20 heavy (non-hydrogen) atoms. The summed E-state index contributed by atoms with van der Waals surface area (Å²) in [5, 5.41) is 11.0. The van der Waals surface area contributed by atoms with Crippen LogP contribution in [0, 0.1) is 35.0 Å². The predicted molar refractivity (Wildman–Crippen MR) is 59.4 cm³/mol. The lowest BCUT2D eigenvalue weighted by molar-refractivity contribution is 0.0885. The van der Waals surface area contributed by atoms with Gasteiger partial charge in [0.1, 0.15) is 5.56 Å². The molecule has 0 aromatic heterocycles. The summed E-state index contributed by atoms with van der Waals surface area (Å²) in [6.45, 7) is 2.65. The van der Waals surface area contributed by atoms with E-state index >= 15 is 0 Å². The molecule has 0 spiro atoms. The maximum Gasteiger partial charge on any atom is 0.257 e. The molecule has 1 aromatic rings. The number of hydrogen-bond acceptors (Lipinski definition) is 2. The molecule has 8 heteroatoms. The van der Waals surface area contributed by atoms with Crippen molar-refractivity contribution in [1.29, 1.82) is 0 Å². The minimum absolute atomic E-state index is 0.301. The number of carbonyl (C=O) groups is 1. The smallest absolute Gasteiger partial charge is 0.257 e. The van der Waals surface area contributed by atoms with Crippen molar-refractivity contribution in [2.75, 3.05) is 6.61 Å². The lowest BCUT2D eigenvalue weighted by Crippen LogP contribution is -2.42. The van der Waals surface area contributed by atoms with Crippen molar-refractivity contribution in [3.05, 3.63) is 34.6 Å². The van der Waals surface area contributed by atoms with Crippen LogP contribution in [0.3, 0.4) is 0 Å². The Morgan fingerprint density at radius 2 is 1.40 bits per heavy atom. The Labute approximate surface area is 111 Å². The number of hydrogen-bond donors (Lipinski definition) is 2. The SMILES string of the molecule is CC(C)C(CO)NC(=O)c1c(F)c(F)c(F)c(F)c1F. The van der Waals surface area contributed by atoms with Crippen LogP contribution in [0.15, 0.2) is 0 Å². The lowest BCUT2D eigenvalue weighted by Gasteiger charge is -2.20. The van der Waals surface area contributed by atoms with Crippen molar-refractivity contribution in [3.63, 3.8) is 0 Å². The van der Waals surface area contributed by atoms with Crippen molar-refractivity contribution in [3.8, 4) is 0 Å². The van der Waals surface area contributed by atoms with Gasteiger partial charge in [0.2, 0.25) is 5.82 Å². The number of aliphatic hydroxyl groups excluding tert-OH is 1. The summed E-state index contributed by atoms with van der Waals surface area (Å²) in [7, 11) is 0. The van der Waals surface area contributed by atoms with Crippen LogP contribution in [-0.4, -0.2) is 23.7 Å². The zero-order valence-electron chi connectivity index (χ0n) is 10.6. The van der Waals surface area contributed by atoms with Crippen LogP contribution in [0.25, 0.3) is 0 Å². The molecule has 0 radical (unpaired) electrons. The fourth-order valence-electron chi connectivity index (χ4n) is 1.47. The Morgan fingerprint density at radius 1 is 1.00 bits per heavy atom. The van der Waals surface area contributed by atoms with Gasteiger partial charge in [0.15, 0.2) is 23.3 Å². The van der Waals surface area contributed by atoms with Crippen molar-refractivity contribution in [1.82, 2.24) is 5.32 Å². The Balaban J connectivity index is 3.24. The molecule has 0 aliphatic heterocycles. The average molecular weight is 297 g/mol. The number of aliphatic hydroxyl groups is 1. The monoisotopic (exact) mass is 297 g/mol. The molecule has 1 aromatic carbocycles. The summed E-state index contributed by atoms with van der Waals surface area (Å²) in [5.74, 6) is -12.9. The van der Waals surface area contributed by atoms with Gasteiger partial charge in [-0.3, -0.25) is 4.79 Å². The highest BCUT2D eigenvalue weighted by molar-refractivity contribution is 5.95. The molecule has 1 amide bonds. The molecular formula is C12H12F5NO2. The van der Waals surface area contributed by atoms with Gasteiger partial charge in [-0.15, -0.1) is 0 Å². The van der Waals surface area contributed by atoms with Crippen molar-refractivity contribution >= 4 is 5.91 Å². The summed E-state index contributed by atoms with van der Waals surface area (Å²) in [6.07, 6.45) is 0.